The second kappa shape index (κ2) is 9.75. The summed E-state index contributed by atoms with van der Waals surface area (Å²) in [6, 6.07) is 46.7. The average Bonchev–Trinajstić information content (AvgIpc) is 3.40. The molecule has 1 aliphatic heterocycles. The van der Waals surface area contributed by atoms with Crippen LogP contribution in [0.4, 0.5) is 0 Å². The predicted octanol–water partition coefficient (Wildman–Crippen LogP) is 10.0. The Morgan fingerprint density at radius 3 is 1.77 bits per heavy atom. The van der Waals surface area contributed by atoms with Crippen molar-refractivity contribution in [1.29, 1.82) is 0 Å². The lowest BCUT2D eigenvalue weighted by molar-refractivity contribution is 0.435. The topological polar surface area (TPSA) is 35.0 Å². The maximum absolute atomic E-state index is 6.53. The van der Waals surface area contributed by atoms with E-state index in [9.17, 15) is 0 Å². The minimum atomic E-state index is -0.484. The number of aromatic nitrogens is 2. The Labute approximate surface area is 256 Å². The normalized spacial score (nSPS) is 15.3. The van der Waals surface area contributed by atoms with Crippen molar-refractivity contribution in [2.75, 3.05) is 0 Å². The van der Waals surface area contributed by atoms with Gasteiger partial charge in [0.25, 0.3) is 0 Å². The van der Waals surface area contributed by atoms with Gasteiger partial charge in [0.1, 0.15) is 11.5 Å². The van der Waals surface area contributed by atoms with Crippen molar-refractivity contribution in [2.24, 2.45) is 0 Å². The Bertz CT molecular complexity index is 2040. The van der Waals surface area contributed by atoms with Crippen LogP contribution < -0.4 is 4.74 Å². The quantitative estimate of drug-likeness (QED) is 0.215. The van der Waals surface area contributed by atoms with E-state index in [1.54, 1.807) is 0 Å². The molecule has 0 fully saturated rings. The number of nitrogens with zero attached hydrogens (tertiary/aromatic N) is 2. The molecule has 0 saturated heterocycles. The molecule has 0 saturated carbocycles. The van der Waals surface area contributed by atoms with E-state index in [-0.39, 0.29) is 0 Å². The molecule has 0 atom stereocenters. The van der Waals surface area contributed by atoms with E-state index in [2.05, 4.69) is 133 Å². The Morgan fingerprint density at radius 1 is 0.568 bits per heavy atom. The van der Waals surface area contributed by atoms with Gasteiger partial charge in [0.2, 0.25) is 0 Å². The first kappa shape index (κ1) is 25.0. The van der Waals surface area contributed by atoms with Crippen molar-refractivity contribution < 1.29 is 4.74 Å². The summed E-state index contributed by atoms with van der Waals surface area (Å²) in [6.07, 6.45) is 6.65. The minimum absolute atomic E-state index is 0.484. The first-order valence-corrected chi connectivity index (χ1v) is 15.2. The van der Waals surface area contributed by atoms with Gasteiger partial charge < -0.3 is 4.74 Å². The van der Waals surface area contributed by atoms with Crippen LogP contribution in [0.1, 0.15) is 35.1 Å². The largest absolute Gasteiger partial charge is 0.457 e. The zero-order valence-corrected chi connectivity index (χ0v) is 24.1. The van der Waals surface area contributed by atoms with Crippen LogP contribution in [0.25, 0.3) is 39.5 Å². The molecular weight excluding hydrogens is 536 g/mol. The van der Waals surface area contributed by atoms with E-state index < -0.39 is 5.41 Å². The monoisotopic (exact) mass is 564 g/mol. The predicted molar refractivity (Wildman–Crippen MR) is 176 cm³/mol. The third-order valence-corrected chi connectivity index (χ3v) is 9.25. The summed E-state index contributed by atoms with van der Waals surface area (Å²) in [5.41, 5.74) is 12.1. The van der Waals surface area contributed by atoms with Gasteiger partial charge in [-0.15, -0.1) is 0 Å². The van der Waals surface area contributed by atoms with Gasteiger partial charge in [0.15, 0.2) is 5.82 Å². The molecule has 0 N–H and O–H groups in total. The van der Waals surface area contributed by atoms with Gasteiger partial charge in [-0.2, -0.15) is 0 Å². The number of hydrogen-bond acceptors (Lipinski definition) is 3. The van der Waals surface area contributed by atoms with Crippen LogP contribution in [-0.2, 0) is 5.41 Å². The Balaban J connectivity index is 1.36. The minimum Gasteiger partial charge on any atom is -0.457 e. The van der Waals surface area contributed by atoms with Crippen LogP contribution in [0.3, 0.4) is 0 Å². The third kappa shape index (κ3) is 3.56. The summed E-state index contributed by atoms with van der Waals surface area (Å²) in [5, 5.41) is 0. The van der Waals surface area contributed by atoms with Gasteiger partial charge in [-0.25, -0.2) is 9.97 Å². The third-order valence-electron chi connectivity index (χ3n) is 9.25. The number of para-hydroxylation sites is 2. The molecule has 1 aromatic heterocycles. The van der Waals surface area contributed by atoms with Gasteiger partial charge in [-0.05, 0) is 53.3 Å². The van der Waals surface area contributed by atoms with Crippen molar-refractivity contribution in [3.8, 4) is 45.4 Å². The Hall–Kier alpha value is -5.54. The highest BCUT2D eigenvalue weighted by Crippen LogP contribution is 2.63. The number of rotatable bonds is 3. The van der Waals surface area contributed by atoms with E-state index in [4.69, 9.17) is 14.7 Å². The zero-order chi connectivity index (χ0) is 29.1. The molecule has 0 amide bonds. The molecule has 0 bridgehead atoms. The molecule has 6 aromatic rings. The summed E-state index contributed by atoms with van der Waals surface area (Å²) in [7, 11) is 0. The number of allylic oxidation sites excluding steroid dienone is 4. The molecule has 2 heterocycles. The van der Waals surface area contributed by atoms with E-state index >= 15 is 0 Å². The zero-order valence-electron chi connectivity index (χ0n) is 24.1. The fraction of sp³-hybridized carbons (Fsp3) is 0.0732. The molecule has 44 heavy (non-hydrogen) atoms. The van der Waals surface area contributed by atoms with E-state index in [1.807, 2.05) is 12.1 Å². The highest BCUT2D eigenvalue weighted by atomic mass is 16.5. The van der Waals surface area contributed by atoms with Crippen LogP contribution in [0.15, 0.2) is 151 Å². The van der Waals surface area contributed by atoms with E-state index in [0.29, 0.717) is 0 Å². The first-order chi connectivity index (χ1) is 21.8. The SMILES string of the molecule is C1=CC2=C(CC1)c1c(-c3nc(-c4ccccc4)cc(-c4ccccc4)n3)cccc1C21c2ccccc2Oc2ccccc21. The number of ether oxygens (including phenoxy) is 1. The molecule has 2 aliphatic carbocycles. The van der Waals surface area contributed by atoms with E-state index in [0.717, 1.165) is 58.2 Å². The molecule has 3 heteroatoms. The Morgan fingerprint density at radius 2 is 1.14 bits per heavy atom. The lowest BCUT2D eigenvalue weighted by atomic mass is 9.65. The molecule has 208 valence electrons. The van der Waals surface area contributed by atoms with Gasteiger partial charge >= 0.3 is 0 Å². The lowest BCUT2D eigenvalue weighted by Crippen LogP contribution is -2.33. The highest BCUT2D eigenvalue weighted by Gasteiger charge is 2.52. The fourth-order valence-electron chi connectivity index (χ4n) is 7.45. The number of benzene rings is 5. The summed E-state index contributed by atoms with van der Waals surface area (Å²) in [4.78, 5) is 10.5. The molecule has 1 spiro atoms. The molecule has 0 radical (unpaired) electrons. The van der Waals surface area contributed by atoms with E-state index in [1.165, 1.54) is 33.4 Å². The molecule has 3 nitrogen and oxygen atoms in total. The molecule has 9 rings (SSSR count). The second-order valence-corrected chi connectivity index (χ2v) is 11.6. The number of fused-ring (bicyclic) bond motifs is 8. The van der Waals surface area contributed by atoms with Crippen molar-refractivity contribution in [2.45, 2.75) is 18.3 Å². The standard InChI is InChI=1S/C41H28N2O/c1-3-14-27(15-4-1)35-26-36(28-16-5-2-6-17-28)43-40(42-35)30-19-13-23-34-39(30)29-18-7-8-20-31(29)41(34)32-21-9-11-24-37(32)44-38-25-12-10-22-33(38)41/h1-6,8-17,19-26H,7,18H2. The van der Waals surface area contributed by atoms with Crippen LogP contribution in [0, 0.1) is 0 Å². The summed E-state index contributed by atoms with van der Waals surface area (Å²) in [5.74, 6) is 2.56. The van der Waals surface area contributed by atoms with Crippen molar-refractivity contribution in [3.63, 3.8) is 0 Å². The first-order valence-electron chi connectivity index (χ1n) is 15.2. The van der Waals surface area contributed by atoms with Gasteiger partial charge in [0.05, 0.1) is 16.8 Å². The second-order valence-electron chi connectivity index (χ2n) is 11.6. The number of hydrogen-bond donors (Lipinski definition) is 0. The van der Waals surface area contributed by atoms with Crippen molar-refractivity contribution in [3.05, 3.63) is 173 Å². The molecular formula is C41H28N2O. The fourth-order valence-corrected chi connectivity index (χ4v) is 7.45. The van der Waals surface area contributed by atoms with Crippen LogP contribution >= 0.6 is 0 Å². The molecule has 5 aromatic carbocycles. The van der Waals surface area contributed by atoms with Crippen LogP contribution in [0.2, 0.25) is 0 Å². The highest BCUT2D eigenvalue weighted by molar-refractivity contribution is 5.95. The summed E-state index contributed by atoms with van der Waals surface area (Å²) in [6.45, 7) is 0. The molecule has 0 unspecified atom stereocenters. The van der Waals surface area contributed by atoms with Crippen molar-refractivity contribution >= 4 is 5.57 Å². The lowest BCUT2D eigenvalue weighted by Gasteiger charge is -2.40. The maximum atomic E-state index is 6.53. The summed E-state index contributed by atoms with van der Waals surface area (Å²) >= 11 is 0. The summed E-state index contributed by atoms with van der Waals surface area (Å²) < 4.78 is 6.53. The van der Waals surface area contributed by atoms with Crippen LogP contribution in [0.5, 0.6) is 11.5 Å². The average molecular weight is 565 g/mol. The van der Waals surface area contributed by atoms with Gasteiger partial charge in [-0.3, -0.25) is 0 Å². The van der Waals surface area contributed by atoms with Crippen LogP contribution in [-0.4, -0.2) is 9.97 Å². The van der Waals surface area contributed by atoms with Crippen molar-refractivity contribution in [1.82, 2.24) is 9.97 Å². The molecule has 3 aliphatic rings. The van der Waals surface area contributed by atoms with Gasteiger partial charge in [-0.1, -0.05) is 127 Å². The Kier molecular flexibility index (Phi) is 5.54. The maximum Gasteiger partial charge on any atom is 0.161 e. The van der Waals surface area contributed by atoms with Gasteiger partial charge in [0, 0.05) is 27.8 Å². The smallest absolute Gasteiger partial charge is 0.161 e.